The van der Waals surface area contributed by atoms with Crippen molar-refractivity contribution in [2.45, 2.75) is 13.3 Å². The number of aromatic hydroxyl groups is 1. The molecule has 0 amide bonds. The van der Waals surface area contributed by atoms with E-state index in [4.69, 9.17) is 16.3 Å². The number of ether oxygens (including phenoxy) is 1. The summed E-state index contributed by atoms with van der Waals surface area (Å²) in [6.07, 6.45) is 4.52. The second kappa shape index (κ2) is 9.24. The van der Waals surface area contributed by atoms with E-state index in [0.717, 1.165) is 34.4 Å². The zero-order valence-electron chi connectivity index (χ0n) is 15.2. The van der Waals surface area contributed by atoms with Crippen molar-refractivity contribution in [2.24, 2.45) is 0 Å². The lowest BCUT2D eigenvalue weighted by molar-refractivity contribution is 0.343. The lowest BCUT2D eigenvalue weighted by Crippen LogP contribution is -1.99. The topological polar surface area (TPSA) is 42.4 Å². The Balaban J connectivity index is 2.13. The van der Waals surface area contributed by atoms with Crippen molar-refractivity contribution in [1.82, 2.24) is 4.98 Å². The van der Waals surface area contributed by atoms with Gasteiger partial charge >= 0.3 is 0 Å². The van der Waals surface area contributed by atoms with E-state index in [-0.39, 0.29) is 5.75 Å². The van der Waals surface area contributed by atoms with Crippen LogP contribution in [-0.4, -0.2) is 22.6 Å². The molecule has 27 heavy (non-hydrogen) atoms. The summed E-state index contributed by atoms with van der Waals surface area (Å²) in [5.74, 6) is 1.51. The second-order valence-electron chi connectivity index (χ2n) is 6.06. The third-order valence-corrected chi connectivity index (χ3v) is 4.46. The van der Waals surface area contributed by atoms with Crippen molar-refractivity contribution in [1.29, 1.82) is 0 Å². The fraction of sp³-hybridized carbons (Fsp3) is 0.174. The molecule has 0 radical (unpaired) electrons. The van der Waals surface area contributed by atoms with Gasteiger partial charge < -0.3 is 9.84 Å². The maximum absolute atomic E-state index is 9.69. The van der Waals surface area contributed by atoms with Crippen LogP contribution in [0.15, 0.2) is 73.1 Å². The predicted molar refractivity (Wildman–Crippen MR) is 111 cm³/mol. The second-order valence-corrected chi connectivity index (χ2v) is 6.44. The first-order valence-electron chi connectivity index (χ1n) is 8.95. The average molecular weight is 380 g/mol. The molecule has 0 atom stereocenters. The number of phenolic OH excluding ortho intramolecular Hbond substituents is 1. The Kier molecular flexibility index (Phi) is 6.50. The molecule has 0 aliphatic carbocycles. The highest BCUT2D eigenvalue weighted by molar-refractivity contribution is 6.18. The molecule has 2 aromatic carbocycles. The highest BCUT2D eigenvalue weighted by atomic mass is 35.5. The van der Waals surface area contributed by atoms with E-state index in [0.29, 0.717) is 12.5 Å². The van der Waals surface area contributed by atoms with Crippen LogP contribution in [0, 0.1) is 0 Å². The molecule has 0 spiro atoms. The van der Waals surface area contributed by atoms with E-state index < -0.39 is 0 Å². The number of pyridine rings is 1. The number of halogens is 1. The molecule has 3 aromatic rings. The number of rotatable bonds is 7. The molecule has 0 unspecified atom stereocenters. The molecular formula is C23H22ClNO2. The number of alkyl halides is 1. The maximum Gasteiger partial charge on any atom is 0.119 e. The van der Waals surface area contributed by atoms with Crippen LogP contribution in [0.1, 0.15) is 30.0 Å². The first-order chi connectivity index (χ1) is 13.2. The van der Waals surface area contributed by atoms with Crippen molar-refractivity contribution in [3.8, 4) is 11.5 Å². The molecule has 0 fully saturated rings. The van der Waals surface area contributed by atoms with Crippen molar-refractivity contribution in [2.75, 3.05) is 12.5 Å². The molecule has 4 heteroatoms. The molecule has 0 bridgehead atoms. The van der Waals surface area contributed by atoms with Crippen molar-refractivity contribution >= 4 is 22.7 Å². The van der Waals surface area contributed by atoms with Gasteiger partial charge in [0.25, 0.3) is 0 Å². The van der Waals surface area contributed by atoms with E-state index in [1.807, 2.05) is 36.5 Å². The molecule has 1 heterocycles. The highest BCUT2D eigenvalue weighted by Crippen LogP contribution is 2.35. The molecule has 1 N–H and O–H groups in total. The molecule has 0 saturated heterocycles. The normalized spacial score (nSPS) is 11.8. The van der Waals surface area contributed by atoms with Gasteiger partial charge in [0, 0.05) is 12.4 Å². The van der Waals surface area contributed by atoms with Gasteiger partial charge in [-0.3, -0.25) is 4.98 Å². The van der Waals surface area contributed by atoms with Crippen LogP contribution >= 0.6 is 11.6 Å². The largest absolute Gasteiger partial charge is 0.508 e. The standard InChI is InChI=1S/C23H22ClNO2/c1-2-22(19-4-3-14-25-16-19)23(17-5-9-20(26)10-6-17)18-7-11-21(12-8-18)27-15-13-24/h3-12,14,16,26H,2,13,15H2,1H3/b23-22-. The van der Waals surface area contributed by atoms with Crippen LogP contribution in [-0.2, 0) is 0 Å². The number of hydrogen-bond acceptors (Lipinski definition) is 3. The molecular weight excluding hydrogens is 358 g/mol. The average Bonchev–Trinajstić information content (AvgIpc) is 2.72. The maximum atomic E-state index is 9.69. The van der Waals surface area contributed by atoms with E-state index in [9.17, 15) is 5.11 Å². The van der Waals surface area contributed by atoms with Crippen LogP contribution in [0.4, 0.5) is 0 Å². The lowest BCUT2D eigenvalue weighted by Gasteiger charge is -2.16. The van der Waals surface area contributed by atoms with Gasteiger partial charge in [-0.1, -0.05) is 37.3 Å². The van der Waals surface area contributed by atoms with Gasteiger partial charge in [0.05, 0.1) is 5.88 Å². The molecule has 0 aliphatic rings. The first-order valence-corrected chi connectivity index (χ1v) is 9.48. The van der Waals surface area contributed by atoms with Gasteiger partial charge in [-0.05, 0) is 64.6 Å². The monoisotopic (exact) mass is 379 g/mol. The Morgan fingerprint density at radius 1 is 0.963 bits per heavy atom. The van der Waals surface area contributed by atoms with Crippen LogP contribution in [0.3, 0.4) is 0 Å². The number of benzene rings is 2. The molecule has 0 saturated carbocycles. The summed E-state index contributed by atoms with van der Waals surface area (Å²) >= 11 is 5.70. The van der Waals surface area contributed by atoms with E-state index in [1.54, 1.807) is 18.3 Å². The molecule has 1 aromatic heterocycles. The minimum absolute atomic E-state index is 0.252. The van der Waals surface area contributed by atoms with Gasteiger partial charge in [0.2, 0.25) is 0 Å². The number of aromatic nitrogens is 1. The molecule has 3 nitrogen and oxygen atoms in total. The van der Waals surface area contributed by atoms with Crippen LogP contribution in [0.2, 0.25) is 0 Å². The zero-order valence-corrected chi connectivity index (χ0v) is 16.0. The summed E-state index contributed by atoms with van der Waals surface area (Å²) in [6.45, 7) is 2.62. The SMILES string of the molecule is CC/C(=C(\c1ccc(O)cc1)c1ccc(OCCCl)cc1)c1cccnc1. The number of phenols is 1. The zero-order chi connectivity index (χ0) is 19.1. The van der Waals surface area contributed by atoms with Crippen molar-refractivity contribution in [3.05, 3.63) is 89.7 Å². The quantitative estimate of drug-likeness (QED) is 0.529. The number of nitrogens with zero attached hydrogens (tertiary/aromatic N) is 1. The summed E-state index contributed by atoms with van der Waals surface area (Å²) in [7, 11) is 0. The van der Waals surface area contributed by atoms with Gasteiger partial charge in [-0.25, -0.2) is 0 Å². The third kappa shape index (κ3) is 4.69. The van der Waals surface area contributed by atoms with Crippen molar-refractivity contribution < 1.29 is 9.84 Å². The lowest BCUT2D eigenvalue weighted by atomic mass is 9.89. The Morgan fingerprint density at radius 2 is 1.63 bits per heavy atom. The van der Waals surface area contributed by atoms with Gasteiger partial charge in [0.1, 0.15) is 18.1 Å². The van der Waals surface area contributed by atoms with Gasteiger partial charge in [0.15, 0.2) is 0 Å². The Bertz CT molecular complexity index is 888. The summed E-state index contributed by atoms with van der Waals surface area (Å²) in [4.78, 5) is 4.28. The van der Waals surface area contributed by atoms with Crippen LogP contribution in [0.5, 0.6) is 11.5 Å². The third-order valence-electron chi connectivity index (χ3n) is 4.31. The molecule has 3 rings (SSSR count). The van der Waals surface area contributed by atoms with Gasteiger partial charge in [-0.2, -0.15) is 0 Å². The highest BCUT2D eigenvalue weighted by Gasteiger charge is 2.13. The summed E-state index contributed by atoms with van der Waals surface area (Å²) in [6, 6.07) is 19.3. The summed E-state index contributed by atoms with van der Waals surface area (Å²) in [5.41, 5.74) is 5.53. The summed E-state index contributed by atoms with van der Waals surface area (Å²) < 4.78 is 5.59. The van der Waals surface area contributed by atoms with E-state index >= 15 is 0 Å². The Labute approximate surface area is 164 Å². The van der Waals surface area contributed by atoms with Gasteiger partial charge in [-0.15, -0.1) is 11.6 Å². The smallest absolute Gasteiger partial charge is 0.119 e. The van der Waals surface area contributed by atoms with Crippen molar-refractivity contribution in [3.63, 3.8) is 0 Å². The van der Waals surface area contributed by atoms with E-state index in [2.05, 4.69) is 30.1 Å². The van der Waals surface area contributed by atoms with E-state index in [1.165, 1.54) is 5.57 Å². The fourth-order valence-corrected chi connectivity index (χ4v) is 3.16. The minimum Gasteiger partial charge on any atom is -0.508 e. The van der Waals surface area contributed by atoms with Crippen LogP contribution in [0.25, 0.3) is 11.1 Å². The Hall–Kier alpha value is -2.78. The fourth-order valence-electron chi connectivity index (χ4n) is 3.08. The predicted octanol–water partition coefficient (Wildman–Crippen LogP) is 5.77. The minimum atomic E-state index is 0.252. The summed E-state index contributed by atoms with van der Waals surface area (Å²) in [5, 5.41) is 9.69. The molecule has 138 valence electrons. The molecule has 0 aliphatic heterocycles. The number of allylic oxidation sites excluding steroid dienone is 1. The first kappa shape index (κ1) is 19.0. The van der Waals surface area contributed by atoms with Crippen LogP contribution < -0.4 is 4.74 Å². The Morgan fingerprint density at radius 3 is 2.19 bits per heavy atom. The number of hydrogen-bond donors (Lipinski definition) is 1.